The molecule has 0 aromatic carbocycles. The maximum atomic E-state index is 10.6. The maximum Gasteiger partial charge on any atom is 0.0569 e. The standard InChI is InChI=1S/C29H50O/c1-19(2)9-8-10-20(3)22-13-17-29(7)25-12-11-23-21(4)26(30)15-16-27(23,5)24(25)14-18-28(22,29)6/h14,19-23,25-26,30H,8-13,15-18H2,1-7H3/t20-,21+,22-,23+,25?,26+,27+,28-,29+/m1/s1. The van der Waals surface area contributed by atoms with Crippen LogP contribution in [0, 0.1) is 51.8 Å². The summed E-state index contributed by atoms with van der Waals surface area (Å²) in [7, 11) is 0. The van der Waals surface area contributed by atoms with Gasteiger partial charge >= 0.3 is 0 Å². The van der Waals surface area contributed by atoms with Crippen LogP contribution in [0.4, 0.5) is 0 Å². The number of fused-ring (bicyclic) bond motifs is 5. The Morgan fingerprint density at radius 1 is 0.967 bits per heavy atom. The Labute approximate surface area is 187 Å². The van der Waals surface area contributed by atoms with Gasteiger partial charge in [0.05, 0.1) is 6.10 Å². The van der Waals surface area contributed by atoms with Crippen LogP contribution in [-0.4, -0.2) is 11.2 Å². The fourth-order valence-electron chi connectivity index (χ4n) is 9.34. The van der Waals surface area contributed by atoms with Crippen LogP contribution in [-0.2, 0) is 0 Å². The van der Waals surface area contributed by atoms with Crippen LogP contribution in [0.5, 0.6) is 0 Å². The monoisotopic (exact) mass is 414 g/mol. The van der Waals surface area contributed by atoms with Crippen LogP contribution in [0.25, 0.3) is 0 Å². The third-order valence-electron chi connectivity index (χ3n) is 11.6. The highest BCUT2D eigenvalue weighted by molar-refractivity contribution is 5.32. The molecule has 1 heteroatoms. The number of hydrogen-bond acceptors (Lipinski definition) is 1. The summed E-state index contributed by atoms with van der Waals surface area (Å²) in [5.74, 6) is 4.53. The number of allylic oxidation sites excluding steroid dienone is 2. The van der Waals surface area contributed by atoms with E-state index in [9.17, 15) is 5.11 Å². The van der Waals surface area contributed by atoms with Crippen molar-refractivity contribution in [3.63, 3.8) is 0 Å². The second-order valence-corrected chi connectivity index (χ2v) is 13.3. The van der Waals surface area contributed by atoms with Crippen molar-refractivity contribution in [1.29, 1.82) is 0 Å². The first-order chi connectivity index (χ1) is 14.0. The van der Waals surface area contributed by atoms with Gasteiger partial charge in [-0.1, -0.05) is 79.4 Å². The van der Waals surface area contributed by atoms with Crippen molar-refractivity contribution in [2.75, 3.05) is 0 Å². The molecule has 3 fully saturated rings. The van der Waals surface area contributed by atoms with E-state index >= 15 is 0 Å². The largest absolute Gasteiger partial charge is 0.393 e. The second kappa shape index (κ2) is 7.93. The highest BCUT2D eigenvalue weighted by Crippen LogP contribution is 2.72. The average Bonchev–Trinajstić information content (AvgIpc) is 2.96. The summed E-state index contributed by atoms with van der Waals surface area (Å²) in [6, 6.07) is 0. The zero-order valence-corrected chi connectivity index (χ0v) is 21.1. The first-order valence-corrected chi connectivity index (χ1v) is 13.4. The molecular weight excluding hydrogens is 364 g/mol. The minimum Gasteiger partial charge on any atom is -0.393 e. The topological polar surface area (TPSA) is 20.2 Å². The first-order valence-electron chi connectivity index (χ1n) is 13.4. The highest BCUT2D eigenvalue weighted by atomic mass is 16.3. The van der Waals surface area contributed by atoms with Crippen molar-refractivity contribution in [3.05, 3.63) is 11.6 Å². The van der Waals surface area contributed by atoms with Gasteiger partial charge in [-0.3, -0.25) is 0 Å². The van der Waals surface area contributed by atoms with Crippen molar-refractivity contribution in [2.24, 2.45) is 51.8 Å². The summed E-state index contributed by atoms with van der Waals surface area (Å²) in [6.07, 6.45) is 16.0. The molecule has 4 aliphatic rings. The van der Waals surface area contributed by atoms with E-state index in [4.69, 9.17) is 0 Å². The molecule has 1 N–H and O–H groups in total. The smallest absolute Gasteiger partial charge is 0.0569 e. The Morgan fingerprint density at radius 2 is 1.70 bits per heavy atom. The summed E-state index contributed by atoms with van der Waals surface area (Å²) in [5, 5.41) is 10.6. The van der Waals surface area contributed by atoms with Crippen molar-refractivity contribution in [2.45, 2.75) is 119 Å². The Kier molecular flexibility index (Phi) is 6.05. The third-order valence-corrected chi connectivity index (χ3v) is 11.6. The molecule has 0 bridgehead atoms. The van der Waals surface area contributed by atoms with Gasteiger partial charge in [0.25, 0.3) is 0 Å². The van der Waals surface area contributed by atoms with E-state index in [0.29, 0.717) is 28.1 Å². The number of hydrogen-bond donors (Lipinski definition) is 1. The molecule has 0 aromatic rings. The molecule has 1 nitrogen and oxygen atoms in total. The number of rotatable bonds is 5. The predicted octanol–water partition coefficient (Wildman–Crippen LogP) is 8.02. The van der Waals surface area contributed by atoms with Crippen molar-refractivity contribution in [1.82, 2.24) is 0 Å². The van der Waals surface area contributed by atoms with E-state index < -0.39 is 0 Å². The van der Waals surface area contributed by atoms with Crippen LogP contribution in [0.15, 0.2) is 11.6 Å². The van der Waals surface area contributed by atoms with Gasteiger partial charge in [-0.2, -0.15) is 0 Å². The molecule has 1 unspecified atom stereocenters. The van der Waals surface area contributed by atoms with Crippen LogP contribution in [0.3, 0.4) is 0 Å². The lowest BCUT2D eigenvalue weighted by atomic mass is 9.43. The third kappa shape index (κ3) is 3.27. The predicted molar refractivity (Wildman–Crippen MR) is 128 cm³/mol. The van der Waals surface area contributed by atoms with E-state index in [-0.39, 0.29) is 6.10 Å². The van der Waals surface area contributed by atoms with Gasteiger partial charge in [-0.15, -0.1) is 0 Å². The quantitative estimate of drug-likeness (QED) is 0.451. The molecular formula is C29H50O. The molecule has 9 atom stereocenters. The molecule has 0 amide bonds. The number of aliphatic hydroxyl groups excluding tert-OH is 1. The summed E-state index contributed by atoms with van der Waals surface area (Å²) < 4.78 is 0. The fraction of sp³-hybridized carbons (Fsp3) is 0.931. The van der Waals surface area contributed by atoms with Crippen molar-refractivity contribution >= 4 is 0 Å². The highest BCUT2D eigenvalue weighted by Gasteiger charge is 2.63. The van der Waals surface area contributed by atoms with Gasteiger partial charge in [0.1, 0.15) is 0 Å². The van der Waals surface area contributed by atoms with E-state index in [2.05, 4.69) is 54.5 Å². The summed E-state index contributed by atoms with van der Waals surface area (Å²) in [5.41, 5.74) is 3.11. The van der Waals surface area contributed by atoms with Gasteiger partial charge < -0.3 is 5.11 Å². The van der Waals surface area contributed by atoms with E-state index in [1.165, 1.54) is 57.8 Å². The van der Waals surface area contributed by atoms with Gasteiger partial charge in [-0.25, -0.2) is 0 Å². The second-order valence-electron chi connectivity index (χ2n) is 13.3. The molecule has 30 heavy (non-hydrogen) atoms. The number of aliphatic hydroxyl groups is 1. The van der Waals surface area contributed by atoms with Gasteiger partial charge in [0, 0.05) is 0 Å². The molecule has 0 aliphatic heterocycles. The minimum absolute atomic E-state index is 0.0767. The maximum absolute atomic E-state index is 10.6. The van der Waals surface area contributed by atoms with E-state index in [1.54, 1.807) is 0 Å². The van der Waals surface area contributed by atoms with Gasteiger partial charge in [0.2, 0.25) is 0 Å². The Morgan fingerprint density at radius 3 is 2.40 bits per heavy atom. The molecule has 4 rings (SSSR count). The van der Waals surface area contributed by atoms with Crippen molar-refractivity contribution < 1.29 is 5.11 Å². The molecule has 172 valence electrons. The normalized spacial score (nSPS) is 49.2. The molecule has 0 aromatic heterocycles. The molecule has 0 spiro atoms. The molecule has 0 heterocycles. The Balaban J connectivity index is 1.59. The van der Waals surface area contributed by atoms with Crippen LogP contribution in [0.1, 0.15) is 113 Å². The van der Waals surface area contributed by atoms with Crippen LogP contribution in [0.2, 0.25) is 0 Å². The minimum atomic E-state index is -0.0767. The average molecular weight is 415 g/mol. The lowest BCUT2D eigenvalue weighted by Gasteiger charge is -2.62. The summed E-state index contributed by atoms with van der Waals surface area (Å²) >= 11 is 0. The zero-order valence-electron chi connectivity index (χ0n) is 21.1. The van der Waals surface area contributed by atoms with Crippen molar-refractivity contribution in [3.8, 4) is 0 Å². The summed E-state index contributed by atoms with van der Waals surface area (Å²) in [6.45, 7) is 17.6. The molecule has 4 aliphatic carbocycles. The Hall–Kier alpha value is -0.300. The lowest BCUT2D eigenvalue weighted by molar-refractivity contribution is -0.0780. The van der Waals surface area contributed by atoms with E-state index in [1.807, 2.05) is 5.57 Å². The van der Waals surface area contributed by atoms with E-state index in [0.717, 1.165) is 30.1 Å². The SMILES string of the molecule is CC(C)CCC[C@@H](C)[C@H]1CC[C@@]2(C)C3CC[C@H]4[C@H](C)[C@@H](O)CC[C@]4(C)C3=CC[C@]12C. The lowest BCUT2D eigenvalue weighted by Crippen LogP contribution is -2.55. The molecule has 0 saturated heterocycles. The van der Waals surface area contributed by atoms with Gasteiger partial charge in [-0.05, 0) is 96.7 Å². The molecule has 0 radical (unpaired) electrons. The van der Waals surface area contributed by atoms with Crippen LogP contribution < -0.4 is 0 Å². The Bertz CT molecular complexity index is 663. The van der Waals surface area contributed by atoms with Gasteiger partial charge in [0.15, 0.2) is 0 Å². The summed E-state index contributed by atoms with van der Waals surface area (Å²) in [4.78, 5) is 0. The first kappa shape index (κ1) is 22.9. The fourth-order valence-corrected chi connectivity index (χ4v) is 9.34. The molecule has 3 saturated carbocycles. The zero-order chi connectivity index (χ0) is 21.9. The van der Waals surface area contributed by atoms with Crippen LogP contribution >= 0.6 is 0 Å².